The molecular formula is C12H15N5O. The highest BCUT2D eigenvalue weighted by Gasteiger charge is 2.15. The molecule has 3 rings (SSSR count). The standard InChI is InChI=1S/C12H15N5O/c1-2-10(12-14-16-17-15-12)6-11(3-1)13-7-9-4-5-18-8-9/h1-3,6,9,13H,4-5,7-8H2,(H,14,15,16,17). The third-order valence-electron chi connectivity index (χ3n) is 3.08. The third-order valence-corrected chi connectivity index (χ3v) is 3.08. The van der Waals surface area contributed by atoms with E-state index in [1.165, 1.54) is 0 Å². The van der Waals surface area contributed by atoms with Gasteiger partial charge in [0.05, 0.1) is 6.61 Å². The summed E-state index contributed by atoms with van der Waals surface area (Å²) in [5, 5.41) is 17.4. The van der Waals surface area contributed by atoms with Crippen molar-refractivity contribution in [1.82, 2.24) is 20.6 Å². The van der Waals surface area contributed by atoms with Crippen LogP contribution in [-0.4, -0.2) is 40.4 Å². The average Bonchev–Trinajstić information content (AvgIpc) is 3.10. The van der Waals surface area contributed by atoms with E-state index in [4.69, 9.17) is 4.74 Å². The van der Waals surface area contributed by atoms with Gasteiger partial charge in [-0.05, 0) is 23.8 Å². The van der Waals surface area contributed by atoms with Crippen molar-refractivity contribution in [3.05, 3.63) is 24.3 Å². The van der Waals surface area contributed by atoms with Gasteiger partial charge in [0.1, 0.15) is 0 Å². The van der Waals surface area contributed by atoms with Gasteiger partial charge in [0.2, 0.25) is 5.82 Å². The first kappa shape index (κ1) is 11.2. The summed E-state index contributed by atoms with van der Waals surface area (Å²) >= 11 is 0. The van der Waals surface area contributed by atoms with Crippen LogP contribution in [0.3, 0.4) is 0 Å². The van der Waals surface area contributed by atoms with Gasteiger partial charge in [-0.2, -0.15) is 5.21 Å². The largest absolute Gasteiger partial charge is 0.385 e. The van der Waals surface area contributed by atoms with Gasteiger partial charge in [-0.15, -0.1) is 10.2 Å². The lowest BCUT2D eigenvalue weighted by atomic mass is 10.1. The molecule has 2 aromatic rings. The van der Waals surface area contributed by atoms with Crippen LogP contribution in [-0.2, 0) is 4.74 Å². The quantitative estimate of drug-likeness (QED) is 0.849. The average molecular weight is 245 g/mol. The molecule has 6 heteroatoms. The first-order valence-corrected chi connectivity index (χ1v) is 6.07. The number of anilines is 1. The highest BCUT2D eigenvalue weighted by atomic mass is 16.5. The number of H-pyrrole nitrogens is 1. The van der Waals surface area contributed by atoms with Crippen molar-refractivity contribution < 1.29 is 4.74 Å². The number of benzene rings is 1. The molecule has 0 radical (unpaired) electrons. The maximum Gasteiger partial charge on any atom is 0.204 e. The number of nitrogens with zero attached hydrogens (tertiary/aromatic N) is 3. The minimum atomic E-state index is 0.610. The molecule has 1 aromatic heterocycles. The Balaban J connectivity index is 1.67. The van der Waals surface area contributed by atoms with Gasteiger partial charge >= 0.3 is 0 Å². The van der Waals surface area contributed by atoms with Crippen molar-refractivity contribution in [2.75, 3.05) is 25.1 Å². The zero-order valence-corrected chi connectivity index (χ0v) is 9.97. The Kier molecular flexibility index (Phi) is 3.18. The molecule has 1 atom stereocenters. The summed E-state index contributed by atoms with van der Waals surface area (Å²) in [4.78, 5) is 0. The summed E-state index contributed by atoms with van der Waals surface area (Å²) < 4.78 is 5.36. The molecule has 1 aliphatic heterocycles. The molecule has 0 bridgehead atoms. The topological polar surface area (TPSA) is 75.7 Å². The number of nitrogens with one attached hydrogen (secondary N) is 2. The Morgan fingerprint density at radius 1 is 1.44 bits per heavy atom. The summed E-state index contributed by atoms with van der Waals surface area (Å²) in [6.45, 7) is 2.68. The minimum Gasteiger partial charge on any atom is -0.385 e. The molecule has 2 N–H and O–H groups in total. The van der Waals surface area contributed by atoms with Gasteiger partial charge in [-0.1, -0.05) is 12.1 Å². The first-order valence-electron chi connectivity index (χ1n) is 6.07. The molecule has 2 heterocycles. The van der Waals surface area contributed by atoms with Gasteiger partial charge in [0.25, 0.3) is 0 Å². The third kappa shape index (κ3) is 2.48. The molecule has 0 spiro atoms. The van der Waals surface area contributed by atoms with Crippen LogP contribution in [0.15, 0.2) is 24.3 Å². The van der Waals surface area contributed by atoms with Crippen molar-refractivity contribution in [2.45, 2.75) is 6.42 Å². The van der Waals surface area contributed by atoms with E-state index in [-0.39, 0.29) is 0 Å². The number of aromatic amines is 1. The summed E-state index contributed by atoms with van der Waals surface area (Å²) in [5.74, 6) is 1.22. The molecule has 0 amide bonds. The van der Waals surface area contributed by atoms with E-state index in [1.807, 2.05) is 24.3 Å². The zero-order chi connectivity index (χ0) is 12.2. The van der Waals surface area contributed by atoms with Crippen LogP contribution in [0.1, 0.15) is 6.42 Å². The second-order valence-electron chi connectivity index (χ2n) is 4.43. The predicted octanol–water partition coefficient (Wildman–Crippen LogP) is 1.32. The van der Waals surface area contributed by atoms with Crippen LogP contribution >= 0.6 is 0 Å². The molecule has 0 saturated carbocycles. The van der Waals surface area contributed by atoms with E-state index in [0.717, 1.165) is 37.4 Å². The van der Waals surface area contributed by atoms with E-state index in [0.29, 0.717) is 11.7 Å². The molecule has 94 valence electrons. The highest BCUT2D eigenvalue weighted by molar-refractivity contribution is 5.61. The number of hydrogen-bond acceptors (Lipinski definition) is 5. The van der Waals surface area contributed by atoms with E-state index < -0.39 is 0 Å². The van der Waals surface area contributed by atoms with Crippen LogP contribution in [0, 0.1) is 5.92 Å². The van der Waals surface area contributed by atoms with Crippen LogP contribution in [0.5, 0.6) is 0 Å². The Morgan fingerprint density at radius 3 is 3.22 bits per heavy atom. The fraction of sp³-hybridized carbons (Fsp3) is 0.417. The van der Waals surface area contributed by atoms with E-state index in [2.05, 4.69) is 25.9 Å². The zero-order valence-electron chi connectivity index (χ0n) is 9.97. The molecule has 6 nitrogen and oxygen atoms in total. The number of hydrogen-bond donors (Lipinski definition) is 2. The summed E-state index contributed by atoms with van der Waals surface area (Å²) in [7, 11) is 0. The smallest absolute Gasteiger partial charge is 0.204 e. The summed E-state index contributed by atoms with van der Waals surface area (Å²) in [5.41, 5.74) is 2.03. The second kappa shape index (κ2) is 5.14. The first-order chi connectivity index (χ1) is 8.92. The van der Waals surface area contributed by atoms with Gasteiger partial charge in [-0.25, -0.2) is 0 Å². The van der Waals surface area contributed by atoms with Gasteiger partial charge < -0.3 is 10.1 Å². The Bertz CT molecular complexity index is 493. The van der Waals surface area contributed by atoms with Crippen molar-refractivity contribution in [3.8, 4) is 11.4 Å². The SMILES string of the molecule is c1cc(NCC2CCOC2)cc(-c2nn[nH]n2)c1. The lowest BCUT2D eigenvalue weighted by molar-refractivity contribution is 0.187. The second-order valence-corrected chi connectivity index (χ2v) is 4.43. The number of rotatable bonds is 4. The van der Waals surface area contributed by atoms with E-state index in [1.54, 1.807) is 0 Å². The van der Waals surface area contributed by atoms with Crippen LogP contribution in [0.4, 0.5) is 5.69 Å². The highest BCUT2D eigenvalue weighted by Crippen LogP contribution is 2.19. The van der Waals surface area contributed by atoms with Gasteiger partial charge in [0, 0.05) is 30.3 Å². The molecule has 1 aromatic carbocycles. The summed E-state index contributed by atoms with van der Waals surface area (Å²) in [6, 6.07) is 8.02. The maximum atomic E-state index is 5.36. The van der Waals surface area contributed by atoms with Crippen LogP contribution in [0.25, 0.3) is 11.4 Å². The summed E-state index contributed by atoms with van der Waals surface area (Å²) in [6.07, 6.45) is 1.14. The number of aromatic nitrogens is 4. The normalized spacial score (nSPS) is 19.0. The molecular weight excluding hydrogens is 230 g/mol. The van der Waals surface area contributed by atoms with Crippen molar-refractivity contribution in [1.29, 1.82) is 0 Å². The Morgan fingerprint density at radius 2 is 2.44 bits per heavy atom. The monoisotopic (exact) mass is 245 g/mol. The Labute approximate surface area is 105 Å². The van der Waals surface area contributed by atoms with Crippen LogP contribution in [0.2, 0.25) is 0 Å². The van der Waals surface area contributed by atoms with Crippen molar-refractivity contribution >= 4 is 5.69 Å². The lowest BCUT2D eigenvalue weighted by Crippen LogP contribution is -2.13. The minimum absolute atomic E-state index is 0.610. The molecule has 1 fully saturated rings. The van der Waals surface area contributed by atoms with Crippen molar-refractivity contribution in [2.24, 2.45) is 5.92 Å². The molecule has 1 saturated heterocycles. The molecule has 0 aliphatic carbocycles. The number of ether oxygens (including phenoxy) is 1. The van der Waals surface area contributed by atoms with E-state index >= 15 is 0 Å². The predicted molar refractivity (Wildman–Crippen MR) is 67.0 cm³/mol. The Hall–Kier alpha value is -1.95. The van der Waals surface area contributed by atoms with E-state index in [9.17, 15) is 0 Å². The molecule has 1 unspecified atom stereocenters. The van der Waals surface area contributed by atoms with Gasteiger partial charge in [0.15, 0.2) is 0 Å². The van der Waals surface area contributed by atoms with Crippen molar-refractivity contribution in [3.63, 3.8) is 0 Å². The molecule has 1 aliphatic rings. The maximum absolute atomic E-state index is 5.36. The molecule has 18 heavy (non-hydrogen) atoms. The van der Waals surface area contributed by atoms with Gasteiger partial charge in [-0.3, -0.25) is 0 Å². The van der Waals surface area contributed by atoms with Crippen LogP contribution < -0.4 is 5.32 Å². The fourth-order valence-electron chi connectivity index (χ4n) is 2.06. The fourth-order valence-corrected chi connectivity index (χ4v) is 2.06. The lowest BCUT2D eigenvalue weighted by Gasteiger charge is -2.11. The number of tetrazole rings is 1.